The summed E-state index contributed by atoms with van der Waals surface area (Å²) in [5, 5.41) is 0. The van der Waals surface area contributed by atoms with Crippen LogP contribution >= 0.6 is 0 Å². The standard InChI is InChI=1S/C10H17NO3/c1-7(10(11)13)6-14-9-4-2-8(12)3-5-9/h7,9H,2-6H2,1H3,(H2,11,13). The van der Waals surface area contributed by atoms with Crippen molar-refractivity contribution in [2.45, 2.75) is 38.7 Å². The Labute approximate surface area is 83.8 Å². The van der Waals surface area contributed by atoms with Crippen molar-refractivity contribution in [3.8, 4) is 0 Å². The van der Waals surface area contributed by atoms with Gasteiger partial charge >= 0.3 is 0 Å². The molecule has 1 amide bonds. The third kappa shape index (κ3) is 3.46. The molecule has 2 N–H and O–H groups in total. The van der Waals surface area contributed by atoms with Gasteiger partial charge in [0.05, 0.1) is 18.6 Å². The van der Waals surface area contributed by atoms with Crippen molar-refractivity contribution in [3.63, 3.8) is 0 Å². The topological polar surface area (TPSA) is 69.4 Å². The van der Waals surface area contributed by atoms with Crippen molar-refractivity contribution in [2.24, 2.45) is 11.7 Å². The quantitative estimate of drug-likeness (QED) is 0.722. The summed E-state index contributed by atoms with van der Waals surface area (Å²) in [6.07, 6.45) is 2.91. The number of nitrogens with two attached hydrogens (primary N) is 1. The summed E-state index contributed by atoms with van der Waals surface area (Å²) in [7, 11) is 0. The fourth-order valence-corrected chi connectivity index (χ4v) is 1.44. The second-order valence-corrected chi connectivity index (χ2v) is 3.87. The average molecular weight is 199 g/mol. The number of carbonyl (C=O) groups is 2. The molecule has 1 saturated carbocycles. The van der Waals surface area contributed by atoms with Gasteiger partial charge in [-0.3, -0.25) is 9.59 Å². The van der Waals surface area contributed by atoms with Crippen molar-refractivity contribution in [1.82, 2.24) is 0 Å². The summed E-state index contributed by atoms with van der Waals surface area (Å²) in [4.78, 5) is 21.6. The molecule has 4 nitrogen and oxygen atoms in total. The fraction of sp³-hybridized carbons (Fsp3) is 0.800. The van der Waals surface area contributed by atoms with E-state index < -0.39 is 0 Å². The number of hydrogen-bond acceptors (Lipinski definition) is 3. The van der Waals surface area contributed by atoms with Gasteiger partial charge in [-0.2, -0.15) is 0 Å². The van der Waals surface area contributed by atoms with Crippen molar-refractivity contribution < 1.29 is 14.3 Å². The molecule has 0 radical (unpaired) electrons. The van der Waals surface area contributed by atoms with Crippen LogP contribution in [0.2, 0.25) is 0 Å². The summed E-state index contributed by atoms with van der Waals surface area (Å²) < 4.78 is 5.50. The van der Waals surface area contributed by atoms with Gasteiger partial charge in [0.25, 0.3) is 0 Å². The first-order valence-corrected chi connectivity index (χ1v) is 5.02. The predicted octanol–water partition coefficient (Wildman–Crippen LogP) is 0.636. The highest BCUT2D eigenvalue weighted by atomic mass is 16.5. The molecule has 0 aromatic carbocycles. The number of primary amides is 1. The van der Waals surface area contributed by atoms with E-state index in [2.05, 4.69) is 0 Å². The van der Waals surface area contributed by atoms with Gasteiger partial charge in [0.1, 0.15) is 5.78 Å². The van der Waals surface area contributed by atoms with Crippen LogP contribution in [0.4, 0.5) is 0 Å². The first-order valence-electron chi connectivity index (χ1n) is 5.02. The monoisotopic (exact) mass is 199 g/mol. The number of amides is 1. The lowest BCUT2D eigenvalue weighted by atomic mass is 9.96. The van der Waals surface area contributed by atoms with Crippen molar-refractivity contribution in [1.29, 1.82) is 0 Å². The van der Waals surface area contributed by atoms with E-state index in [1.807, 2.05) is 0 Å². The van der Waals surface area contributed by atoms with Gasteiger partial charge in [-0.15, -0.1) is 0 Å². The summed E-state index contributed by atoms with van der Waals surface area (Å²) in [5.74, 6) is -0.266. The smallest absolute Gasteiger partial charge is 0.222 e. The van der Waals surface area contributed by atoms with Crippen LogP contribution < -0.4 is 5.73 Å². The maximum absolute atomic E-state index is 10.9. The molecule has 1 aliphatic rings. The van der Waals surface area contributed by atoms with Crippen LogP contribution in [-0.4, -0.2) is 24.4 Å². The largest absolute Gasteiger partial charge is 0.377 e. The molecule has 1 atom stereocenters. The molecule has 0 aromatic rings. The zero-order valence-electron chi connectivity index (χ0n) is 8.49. The lowest BCUT2D eigenvalue weighted by Gasteiger charge is -2.22. The van der Waals surface area contributed by atoms with Gasteiger partial charge in [-0.25, -0.2) is 0 Å². The van der Waals surface area contributed by atoms with Gasteiger partial charge < -0.3 is 10.5 Å². The Morgan fingerprint density at radius 2 is 2.14 bits per heavy atom. The van der Waals surface area contributed by atoms with Gasteiger partial charge in [-0.05, 0) is 12.8 Å². The minimum absolute atomic E-state index is 0.134. The Morgan fingerprint density at radius 3 is 2.64 bits per heavy atom. The Morgan fingerprint density at radius 1 is 1.57 bits per heavy atom. The molecule has 0 spiro atoms. The van der Waals surface area contributed by atoms with Crippen LogP contribution in [-0.2, 0) is 14.3 Å². The van der Waals surface area contributed by atoms with Crippen LogP contribution in [0.5, 0.6) is 0 Å². The number of Topliss-reactive ketones (excluding diaryl/α,β-unsaturated/α-hetero) is 1. The second kappa shape index (κ2) is 5.10. The van der Waals surface area contributed by atoms with Gasteiger partial charge in [-0.1, -0.05) is 6.92 Å². The van der Waals surface area contributed by atoms with Crippen LogP contribution in [0.25, 0.3) is 0 Å². The summed E-state index contributed by atoms with van der Waals surface area (Å²) in [6, 6.07) is 0. The molecular weight excluding hydrogens is 182 g/mol. The fourth-order valence-electron chi connectivity index (χ4n) is 1.44. The normalized spacial score (nSPS) is 20.8. The Kier molecular flexibility index (Phi) is 4.07. The molecular formula is C10H17NO3. The number of ether oxygens (including phenoxy) is 1. The molecule has 4 heteroatoms. The van der Waals surface area contributed by atoms with Crippen LogP contribution in [0.15, 0.2) is 0 Å². The van der Waals surface area contributed by atoms with Crippen LogP contribution in [0.3, 0.4) is 0 Å². The van der Waals surface area contributed by atoms with Crippen molar-refractivity contribution in [3.05, 3.63) is 0 Å². The minimum atomic E-state index is -0.336. The second-order valence-electron chi connectivity index (χ2n) is 3.87. The molecule has 0 bridgehead atoms. The Balaban J connectivity index is 2.19. The summed E-state index contributed by atoms with van der Waals surface area (Å²) >= 11 is 0. The highest BCUT2D eigenvalue weighted by Gasteiger charge is 2.20. The molecule has 0 aromatic heterocycles. The summed E-state index contributed by atoms with van der Waals surface area (Å²) in [6.45, 7) is 2.12. The first-order chi connectivity index (χ1) is 6.59. The van der Waals surface area contributed by atoms with Gasteiger partial charge in [0.2, 0.25) is 5.91 Å². The van der Waals surface area contributed by atoms with E-state index in [0.717, 1.165) is 12.8 Å². The van der Waals surface area contributed by atoms with Crippen molar-refractivity contribution in [2.75, 3.05) is 6.61 Å². The third-order valence-electron chi connectivity index (χ3n) is 2.56. The van der Waals surface area contributed by atoms with Crippen LogP contribution in [0.1, 0.15) is 32.6 Å². The number of carbonyl (C=O) groups excluding carboxylic acids is 2. The maximum atomic E-state index is 10.9. The maximum Gasteiger partial charge on any atom is 0.222 e. The molecule has 1 rings (SSSR count). The molecule has 0 saturated heterocycles. The lowest BCUT2D eigenvalue weighted by molar-refractivity contribution is -0.127. The molecule has 1 aliphatic carbocycles. The van der Waals surface area contributed by atoms with Crippen LogP contribution in [0, 0.1) is 5.92 Å². The van der Waals surface area contributed by atoms with Gasteiger partial charge in [0.15, 0.2) is 0 Å². The number of ketones is 1. The van der Waals surface area contributed by atoms with E-state index in [0.29, 0.717) is 25.2 Å². The predicted molar refractivity (Wildman–Crippen MR) is 51.6 cm³/mol. The Bertz CT molecular complexity index is 217. The average Bonchev–Trinajstić information content (AvgIpc) is 2.16. The molecule has 80 valence electrons. The first kappa shape index (κ1) is 11.2. The highest BCUT2D eigenvalue weighted by molar-refractivity contribution is 5.79. The van der Waals surface area contributed by atoms with E-state index in [-0.39, 0.29) is 17.9 Å². The van der Waals surface area contributed by atoms with E-state index in [9.17, 15) is 9.59 Å². The minimum Gasteiger partial charge on any atom is -0.377 e. The number of hydrogen-bond donors (Lipinski definition) is 1. The molecule has 0 heterocycles. The lowest BCUT2D eigenvalue weighted by Crippen LogP contribution is -2.29. The highest BCUT2D eigenvalue weighted by Crippen LogP contribution is 2.18. The SMILES string of the molecule is CC(COC1CCC(=O)CC1)C(N)=O. The van der Waals surface area contributed by atoms with E-state index in [4.69, 9.17) is 10.5 Å². The van der Waals surface area contributed by atoms with Crippen molar-refractivity contribution >= 4 is 11.7 Å². The molecule has 1 unspecified atom stereocenters. The third-order valence-corrected chi connectivity index (χ3v) is 2.56. The van der Waals surface area contributed by atoms with E-state index in [1.54, 1.807) is 6.92 Å². The van der Waals surface area contributed by atoms with Gasteiger partial charge in [0, 0.05) is 12.8 Å². The molecule has 1 fully saturated rings. The molecule has 0 aliphatic heterocycles. The van der Waals surface area contributed by atoms with E-state index >= 15 is 0 Å². The zero-order chi connectivity index (χ0) is 10.6. The Hall–Kier alpha value is -0.900. The number of rotatable bonds is 4. The molecule has 14 heavy (non-hydrogen) atoms. The van der Waals surface area contributed by atoms with E-state index in [1.165, 1.54) is 0 Å². The summed E-state index contributed by atoms with van der Waals surface area (Å²) in [5.41, 5.74) is 5.10. The zero-order valence-corrected chi connectivity index (χ0v) is 8.49.